The van der Waals surface area contributed by atoms with Gasteiger partial charge in [0, 0.05) is 29.9 Å². The number of para-hydroxylation sites is 1. The number of fused-ring (bicyclic) bond motifs is 1. The van der Waals surface area contributed by atoms with Crippen molar-refractivity contribution in [2.24, 2.45) is 11.8 Å². The highest BCUT2D eigenvalue weighted by molar-refractivity contribution is 5.98. The number of carboxylic acids is 1. The van der Waals surface area contributed by atoms with Crippen LogP contribution in [-0.4, -0.2) is 75.8 Å². The van der Waals surface area contributed by atoms with Crippen molar-refractivity contribution in [2.75, 3.05) is 0 Å². The first kappa shape index (κ1) is 34.1. The van der Waals surface area contributed by atoms with Crippen molar-refractivity contribution in [3.05, 3.63) is 36.0 Å². The lowest BCUT2D eigenvalue weighted by atomic mass is 9.96. The van der Waals surface area contributed by atoms with E-state index in [1.165, 1.54) is 6.92 Å². The van der Waals surface area contributed by atoms with Crippen LogP contribution in [-0.2, 0) is 35.2 Å². The van der Waals surface area contributed by atoms with Crippen LogP contribution in [0, 0.1) is 11.8 Å². The summed E-state index contributed by atoms with van der Waals surface area (Å²) < 4.78 is 0. The summed E-state index contributed by atoms with van der Waals surface area (Å²) in [7, 11) is 0. The Hall–Kier alpha value is -4.42. The number of hydrogen-bond donors (Lipinski definition) is 7. The number of amides is 5. The molecule has 2 heterocycles. The van der Waals surface area contributed by atoms with Crippen LogP contribution in [0.25, 0.3) is 10.9 Å². The third-order valence-corrected chi connectivity index (χ3v) is 7.90. The van der Waals surface area contributed by atoms with Gasteiger partial charge in [-0.05, 0) is 43.2 Å². The standard InChI is InChI=1S/C31H44N6O7/c1-6-17(4)26-31(44)36-23(13-16(2)3)29(42)35-24(14-19-15-32-21-10-8-7-9-20(19)21)30(43)34-22(11-12-25(38)39)28(41)33-18(5)27(40)37-26/h7-10,15-18,22-24,26,32H,6,11-14H2,1-5H3,(H,33,41)(H,34,43)(H,35,42)(H,36,44)(H,37,40)(H,38,39)/t17-,18-,22-,23-,24+,26-/m0/s1. The molecule has 0 saturated carbocycles. The molecule has 7 N–H and O–H groups in total. The second-order valence-corrected chi connectivity index (χ2v) is 11.9. The van der Waals surface area contributed by atoms with Crippen LogP contribution in [0.3, 0.4) is 0 Å². The molecule has 0 aliphatic carbocycles. The Labute approximate surface area is 256 Å². The number of benzene rings is 1. The zero-order chi connectivity index (χ0) is 32.6. The van der Waals surface area contributed by atoms with Crippen LogP contribution in [0.4, 0.5) is 0 Å². The van der Waals surface area contributed by atoms with Crippen molar-refractivity contribution >= 4 is 46.4 Å². The van der Waals surface area contributed by atoms with E-state index in [4.69, 9.17) is 0 Å². The van der Waals surface area contributed by atoms with Crippen LogP contribution in [0.2, 0.25) is 0 Å². The van der Waals surface area contributed by atoms with Gasteiger partial charge in [0.05, 0.1) is 0 Å². The maximum absolute atomic E-state index is 13.7. The van der Waals surface area contributed by atoms with Gasteiger partial charge in [0.15, 0.2) is 0 Å². The molecule has 1 aromatic heterocycles. The number of rotatable bonds is 9. The van der Waals surface area contributed by atoms with Gasteiger partial charge in [-0.25, -0.2) is 0 Å². The third-order valence-electron chi connectivity index (χ3n) is 7.90. The van der Waals surface area contributed by atoms with Gasteiger partial charge >= 0.3 is 5.97 Å². The molecule has 1 fully saturated rings. The minimum Gasteiger partial charge on any atom is -0.481 e. The second kappa shape index (κ2) is 15.3. The summed E-state index contributed by atoms with van der Waals surface area (Å²) in [5, 5.41) is 23.5. The molecular formula is C31H44N6O7. The molecule has 5 amide bonds. The number of carbonyl (C=O) groups is 6. The summed E-state index contributed by atoms with van der Waals surface area (Å²) in [5.74, 6) is -4.76. The molecule has 6 atom stereocenters. The first-order valence-corrected chi connectivity index (χ1v) is 15.1. The lowest BCUT2D eigenvalue weighted by Gasteiger charge is -2.28. The Balaban J connectivity index is 2.06. The summed E-state index contributed by atoms with van der Waals surface area (Å²) in [6.07, 6.45) is 1.91. The Morgan fingerprint density at radius 1 is 0.818 bits per heavy atom. The van der Waals surface area contributed by atoms with E-state index >= 15 is 0 Å². The molecule has 1 aromatic carbocycles. The third kappa shape index (κ3) is 9.04. The second-order valence-electron chi connectivity index (χ2n) is 11.9. The lowest BCUT2D eigenvalue weighted by Crippen LogP contribution is -2.59. The normalized spacial score (nSPS) is 24.8. The van der Waals surface area contributed by atoms with Crippen molar-refractivity contribution < 1.29 is 33.9 Å². The highest BCUT2D eigenvalue weighted by Crippen LogP contribution is 2.20. The summed E-state index contributed by atoms with van der Waals surface area (Å²) >= 11 is 0. The number of H-pyrrole nitrogens is 1. The molecule has 0 spiro atoms. The number of carbonyl (C=O) groups excluding carboxylic acids is 5. The number of nitrogens with one attached hydrogen (secondary N) is 6. The Morgan fingerprint density at radius 3 is 2.09 bits per heavy atom. The van der Waals surface area contributed by atoms with Crippen LogP contribution >= 0.6 is 0 Å². The van der Waals surface area contributed by atoms with Gasteiger partial charge in [-0.15, -0.1) is 0 Å². The zero-order valence-electron chi connectivity index (χ0n) is 25.9. The fourth-order valence-electron chi connectivity index (χ4n) is 5.14. The molecule has 0 unspecified atom stereocenters. The van der Waals surface area contributed by atoms with Gasteiger partial charge in [-0.1, -0.05) is 52.3 Å². The number of aromatic nitrogens is 1. The highest BCUT2D eigenvalue weighted by atomic mass is 16.4. The molecule has 2 aromatic rings. The van der Waals surface area contributed by atoms with E-state index in [1.807, 2.05) is 45.0 Å². The Bertz CT molecular complexity index is 1370. The first-order valence-electron chi connectivity index (χ1n) is 15.1. The van der Waals surface area contributed by atoms with Crippen LogP contribution in [0.1, 0.15) is 65.9 Å². The van der Waals surface area contributed by atoms with Crippen molar-refractivity contribution in [3.63, 3.8) is 0 Å². The van der Waals surface area contributed by atoms with Gasteiger partial charge in [0.25, 0.3) is 0 Å². The molecule has 13 heteroatoms. The largest absolute Gasteiger partial charge is 0.481 e. The quantitative estimate of drug-likeness (QED) is 0.220. The number of carboxylic acid groups (broad SMARTS) is 1. The van der Waals surface area contributed by atoms with E-state index < -0.39 is 72.1 Å². The molecular weight excluding hydrogens is 568 g/mol. The van der Waals surface area contributed by atoms with E-state index in [-0.39, 0.29) is 31.1 Å². The maximum atomic E-state index is 13.7. The number of hydrogen-bond acceptors (Lipinski definition) is 6. The van der Waals surface area contributed by atoms with Crippen molar-refractivity contribution in [2.45, 2.75) is 96.9 Å². The van der Waals surface area contributed by atoms with E-state index in [0.717, 1.165) is 16.5 Å². The van der Waals surface area contributed by atoms with E-state index in [1.54, 1.807) is 13.1 Å². The van der Waals surface area contributed by atoms with E-state index in [2.05, 4.69) is 31.6 Å². The maximum Gasteiger partial charge on any atom is 0.303 e. The van der Waals surface area contributed by atoms with E-state index in [9.17, 15) is 33.9 Å². The molecule has 1 aliphatic rings. The van der Waals surface area contributed by atoms with E-state index in [0.29, 0.717) is 6.42 Å². The Kier molecular flexibility index (Phi) is 11.9. The predicted molar refractivity (Wildman–Crippen MR) is 163 cm³/mol. The van der Waals surface area contributed by atoms with Gasteiger partial charge in [0.2, 0.25) is 29.5 Å². The number of aromatic amines is 1. The average molecular weight is 613 g/mol. The summed E-state index contributed by atoms with van der Waals surface area (Å²) in [6.45, 7) is 8.87. The molecule has 1 saturated heterocycles. The topological polar surface area (TPSA) is 199 Å². The molecule has 44 heavy (non-hydrogen) atoms. The van der Waals surface area contributed by atoms with Gasteiger partial charge in [0.1, 0.15) is 30.2 Å². The van der Waals surface area contributed by atoms with Crippen LogP contribution in [0.15, 0.2) is 30.5 Å². The molecule has 3 rings (SSSR count). The molecule has 13 nitrogen and oxygen atoms in total. The zero-order valence-corrected chi connectivity index (χ0v) is 25.9. The summed E-state index contributed by atoms with van der Waals surface area (Å²) in [5.41, 5.74) is 1.56. The smallest absolute Gasteiger partial charge is 0.303 e. The first-order chi connectivity index (χ1) is 20.8. The van der Waals surface area contributed by atoms with Crippen molar-refractivity contribution in [1.82, 2.24) is 31.6 Å². The van der Waals surface area contributed by atoms with Crippen LogP contribution in [0.5, 0.6) is 0 Å². The Morgan fingerprint density at radius 2 is 1.43 bits per heavy atom. The SMILES string of the molecule is CC[C@H](C)[C@@H]1NC(=O)[C@H](C)NC(=O)[C@H](CCC(=O)O)NC(=O)[C@@H](Cc2c[nH]c3ccccc23)NC(=O)[C@H](CC(C)C)NC1=O. The summed E-state index contributed by atoms with van der Waals surface area (Å²) in [4.78, 5) is 81.9. The fraction of sp³-hybridized carbons (Fsp3) is 0.548. The molecule has 0 bridgehead atoms. The van der Waals surface area contributed by atoms with Crippen molar-refractivity contribution in [1.29, 1.82) is 0 Å². The lowest BCUT2D eigenvalue weighted by molar-refractivity contribution is -0.138. The molecule has 0 radical (unpaired) electrons. The number of aliphatic carboxylic acids is 1. The van der Waals surface area contributed by atoms with Gasteiger partial charge < -0.3 is 36.7 Å². The summed E-state index contributed by atoms with van der Waals surface area (Å²) in [6, 6.07) is 1.85. The predicted octanol–water partition coefficient (Wildman–Crippen LogP) is 1.12. The molecule has 240 valence electrons. The minimum absolute atomic E-state index is 0.00656. The van der Waals surface area contributed by atoms with Crippen LogP contribution < -0.4 is 26.6 Å². The minimum atomic E-state index is -1.31. The van der Waals surface area contributed by atoms with Gasteiger partial charge in [-0.2, -0.15) is 0 Å². The fourth-order valence-corrected chi connectivity index (χ4v) is 5.14. The van der Waals surface area contributed by atoms with Crippen molar-refractivity contribution in [3.8, 4) is 0 Å². The average Bonchev–Trinajstić information content (AvgIpc) is 3.38. The van der Waals surface area contributed by atoms with Gasteiger partial charge in [-0.3, -0.25) is 28.8 Å². The molecule has 1 aliphatic heterocycles. The highest BCUT2D eigenvalue weighted by Gasteiger charge is 2.35. The monoisotopic (exact) mass is 612 g/mol.